The molecule has 20 heavy (non-hydrogen) atoms. The van der Waals surface area contributed by atoms with Crippen LogP contribution in [-0.2, 0) is 0 Å². The molecule has 0 radical (unpaired) electrons. The van der Waals surface area contributed by atoms with E-state index in [1.165, 1.54) is 22.3 Å². The number of nitrogens with one attached hydrogen (secondary N) is 1. The number of benzene rings is 1. The van der Waals surface area contributed by atoms with Gasteiger partial charge in [-0.2, -0.15) is 5.10 Å². The third-order valence-corrected chi connectivity index (χ3v) is 3.80. The van der Waals surface area contributed by atoms with Crippen molar-refractivity contribution < 1.29 is 0 Å². The van der Waals surface area contributed by atoms with Gasteiger partial charge in [-0.05, 0) is 44.2 Å². The first-order valence-electron chi connectivity index (χ1n) is 6.87. The number of rotatable bonds is 3. The van der Waals surface area contributed by atoms with Crippen molar-refractivity contribution in [3.63, 3.8) is 0 Å². The molecule has 0 saturated heterocycles. The third kappa shape index (κ3) is 2.10. The fourth-order valence-electron chi connectivity index (χ4n) is 2.73. The third-order valence-electron chi connectivity index (χ3n) is 3.80. The van der Waals surface area contributed by atoms with E-state index in [1.807, 2.05) is 30.0 Å². The SMILES string of the molecule is CNC(c1cc(C)ccc1C)c1cnn2ccccc12. The Morgan fingerprint density at radius 2 is 1.95 bits per heavy atom. The number of hydrogen-bond donors (Lipinski definition) is 1. The molecule has 102 valence electrons. The van der Waals surface area contributed by atoms with E-state index in [4.69, 9.17) is 0 Å². The van der Waals surface area contributed by atoms with Gasteiger partial charge in [0.25, 0.3) is 0 Å². The van der Waals surface area contributed by atoms with Gasteiger partial charge >= 0.3 is 0 Å². The van der Waals surface area contributed by atoms with Crippen LogP contribution in [0.15, 0.2) is 48.8 Å². The Morgan fingerprint density at radius 1 is 1.10 bits per heavy atom. The van der Waals surface area contributed by atoms with Gasteiger partial charge in [0.2, 0.25) is 0 Å². The van der Waals surface area contributed by atoms with Crippen LogP contribution >= 0.6 is 0 Å². The summed E-state index contributed by atoms with van der Waals surface area (Å²) in [4.78, 5) is 0. The summed E-state index contributed by atoms with van der Waals surface area (Å²) in [6, 6.07) is 12.9. The second-order valence-electron chi connectivity index (χ2n) is 5.21. The summed E-state index contributed by atoms with van der Waals surface area (Å²) in [5.41, 5.74) is 6.24. The quantitative estimate of drug-likeness (QED) is 0.787. The number of aryl methyl sites for hydroxylation is 2. The summed E-state index contributed by atoms with van der Waals surface area (Å²) in [6.07, 6.45) is 3.94. The molecule has 0 saturated carbocycles. The van der Waals surface area contributed by atoms with E-state index in [2.05, 4.69) is 54.6 Å². The number of aromatic nitrogens is 2. The Bertz CT molecular complexity index is 743. The van der Waals surface area contributed by atoms with Crippen LogP contribution in [0.1, 0.15) is 28.3 Å². The lowest BCUT2D eigenvalue weighted by Crippen LogP contribution is -2.18. The first-order valence-corrected chi connectivity index (χ1v) is 6.87. The molecule has 2 heterocycles. The Hall–Kier alpha value is -2.13. The van der Waals surface area contributed by atoms with Gasteiger partial charge in [-0.1, -0.05) is 29.8 Å². The summed E-state index contributed by atoms with van der Waals surface area (Å²) < 4.78 is 1.92. The minimum Gasteiger partial charge on any atom is -0.309 e. The van der Waals surface area contributed by atoms with Crippen LogP contribution in [0.4, 0.5) is 0 Å². The molecule has 3 nitrogen and oxygen atoms in total. The normalized spacial score (nSPS) is 12.8. The van der Waals surface area contributed by atoms with Crippen LogP contribution in [-0.4, -0.2) is 16.7 Å². The van der Waals surface area contributed by atoms with Crippen LogP contribution < -0.4 is 5.32 Å². The second-order valence-corrected chi connectivity index (χ2v) is 5.21. The van der Waals surface area contributed by atoms with Crippen LogP contribution in [0.3, 0.4) is 0 Å². The average Bonchev–Trinajstić information content (AvgIpc) is 2.88. The largest absolute Gasteiger partial charge is 0.309 e. The highest BCUT2D eigenvalue weighted by atomic mass is 15.2. The maximum atomic E-state index is 4.44. The van der Waals surface area contributed by atoms with E-state index in [0.29, 0.717) is 0 Å². The maximum absolute atomic E-state index is 4.44. The summed E-state index contributed by atoms with van der Waals surface area (Å²) in [5.74, 6) is 0. The lowest BCUT2D eigenvalue weighted by molar-refractivity contribution is 0.691. The lowest BCUT2D eigenvalue weighted by Gasteiger charge is -2.19. The lowest BCUT2D eigenvalue weighted by atomic mass is 9.94. The molecule has 3 heteroatoms. The van der Waals surface area contributed by atoms with Crippen molar-refractivity contribution in [2.75, 3.05) is 7.05 Å². The maximum Gasteiger partial charge on any atom is 0.0712 e. The van der Waals surface area contributed by atoms with E-state index in [9.17, 15) is 0 Å². The molecule has 0 aliphatic heterocycles. The highest BCUT2D eigenvalue weighted by molar-refractivity contribution is 5.57. The van der Waals surface area contributed by atoms with Crippen molar-refractivity contribution in [2.24, 2.45) is 0 Å². The predicted octanol–water partition coefficient (Wildman–Crippen LogP) is 3.26. The fraction of sp³-hybridized carbons (Fsp3) is 0.235. The molecule has 0 aliphatic carbocycles. The molecule has 1 N–H and O–H groups in total. The number of hydrogen-bond acceptors (Lipinski definition) is 2. The fourth-order valence-corrected chi connectivity index (χ4v) is 2.73. The standard InChI is InChI=1S/C17H19N3/c1-12-7-8-13(2)14(10-12)17(18-3)15-11-19-20-9-5-4-6-16(15)20/h4-11,17-18H,1-3H3. The number of fused-ring (bicyclic) bond motifs is 1. The van der Waals surface area contributed by atoms with Crippen LogP contribution in [0.25, 0.3) is 5.52 Å². The molecular formula is C17H19N3. The highest BCUT2D eigenvalue weighted by Crippen LogP contribution is 2.28. The van der Waals surface area contributed by atoms with Gasteiger partial charge in [-0.15, -0.1) is 0 Å². The molecule has 0 amide bonds. The van der Waals surface area contributed by atoms with Gasteiger partial charge in [0, 0.05) is 11.8 Å². The van der Waals surface area contributed by atoms with Gasteiger partial charge in [0.1, 0.15) is 0 Å². The zero-order chi connectivity index (χ0) is 14.1. The molecule has 0 fully saturated rings. The monoisotopic (exact) mass is 265 g/mol. The van der Waals surface area contributed by atoms with E-state index in [0.717, 1.165) is 5.52 Å². The topological polar surface area (TPSA) is 29.3 Å². The smallest absolute Gasteiger partial charge is 0.0712 e. The average molecular weight is 265 g/mol. The van der Waals surface area contributed by atoms with Crippen molar-refractivity contribution >= 4 is 5.52 Å². The Kier molecular flexibility index (Phi) is 3.28. The molecule has 3 rings (SSSR count). The van der Waals surface area contributed by atoms with Gasteiger partial charge in [-0.25, -0.2) is 4.52 Å². The molecular weight excluding hydrogens is 246 g/mol. The minimum absolute atomic E-state index is 0.162. The first kappa shape index (κ1) is 12.9. The van der Waals surface area contributed by atoms with Crippen LogP contribution in [0, 0.1) is 13.8 Å². The Balaban J connectivity index is 2.16. The molecule has 1 aromatic carbocycles. The highest BCUT2D eigenvalue weighted by Gasteiger charge is 2.18. The molecule has 0 spiro atoms. The van der Waals surface area contributed by atoms with Crippen molar-refractivity contribution in [3.05, 3.63) is 71.0 Å². The van der Waals surface area contributed by atoms with Crippen molar-refractivity contribution in [2.45, 2.75) is 19.9 Å². The minimum atomic E-state index is 0.162. The van der Waals surface area contributed by atoms with E-state index in [-0.39, 0.29) is 6.04 Å². The van der Waals surface area contributed by atoms with Crippen molar-refractivity contribution in [1.82, 2.24) is 14.9 Å². The van der Waals surface area contributed by atoms with Gasteiger partial charge in [0.15, 0.2) is 0 Å². The van der Waals surface area contributed by atoms with Gasteiger partial charge in [0.05, 0.1) is 17.8 Å². The summed E-state index contributed by atoms with van der Waals surface area (Å²) >= 11 is 0. The van der Waals surface area contributed by atoms with E-state index in [1.54, 1.807) is 0 Å². The predicted molar refractivity (Wildman–Crippen MR) is 82.0 cm³/mol. The number of pyridine rings is 1. The first-order chi connectivity index (χ1) is 9.70. The molecule has 3 aromatic rings. The zero-order valence-electron chi connectivity index (χ0n) is 12.1. The zero-order valence-corrected chi connectivity index (χ0v) is 12.1. The van der Waals surface area contributed by atoms with Crippen molar-refractivity contribution in [1.29, 1.82) is 0 Å². The summed E-state index contributed by atoms with van der Waals surface area (Å²) in [5, 5.41) is 7.87. The van der Waals surface area contributed by atoms with Gasteiger partial charge in [-0.3, -0.25) is 0 Å². The Morgan fingerprint density at radius 3 is 2.75 bits per heavy atom. The molecule has 0 bridgehead atoms. The molecule has 2 aromatic heterocycles. The molecule has 1 unspecified atom stereocenters. The molecule has 0 aliphatic rings. The van der Waals surface area contributed by atoms with Gasteiger partial charge < -0.3 is 5.32 Å². The Labute approximate surface area is 119 Å². The van der Waals surface area contributed by atoms with Crippen molar-refractivity contribution in [3.8, 4) is 0 Å². The van der Waals surface area contributed by atoms with Crippen LogP contribution in [0.5, 0.6) is 0 Å². The van der Waals surface area contributed by atoms with E-state index >= 15 is 0 Å². The second kappa shape index (κ2) is 5.10. The van der Waals surface area contributed by atoms with Crippen LogP contribution in [0.2, 0.25) is 0 Å². The summed E-state index contributed by atoms with van der Waals surface area (Å²) in [7, 11) is 2.00. The number of nitrogens with zero attached hydrogens (tertiary/aromatic N) is 2. The summed E-state index contributed by atoms with van der Waals surface area (Å²) in [6.45, 7) is 4.29. The van der Waals surface area contributed by atoms with E-state index < -0.39 is 0 Å². The molecule has 1 atom stereocenters.